The molecule has 1 aromatic carbocycles. The lowest BCUT2D eigenvalue weighted by Gasteiger charge is -2.17. The van der Waals surface area contributed by atoms with Gasteiger partial charge in [-0.3, -0.25) is 0 Å². The zero-order chi connectivity index (χ0) is 15.6. The summed E-state index contributed by atoms with van der Waals surface area (Å²) in [6, 6.07) is 7.65. The predicted molar refractivity (Wildman–Crippen MR) is 78.0 cm³/mol. The monoisotopic (exact) mass is 327 g/mol. The Hall–Kier alpha value is -1.90. The normalized spacial score (nSPS) is 11.7. The van der Waals surface area contributed by atoms with Crippen molar-refractivity contribution in [2.75, 3.05) is 7.05 Å². The molecule has 2 N–H and O–H groups in total. The van der Waals surface area contributed by atoms with Crippen molar-refractivity contribution in [2.24, 2.45) is 0 Å². The van der Waals surface area contributed by atoms with Crippen LogP contribution < -0.4 is 0 Å². The minimum Gasteiger partial charge on any atom is -0.508 e. The summed E-state index contributed by atoms with van der Waals surface area (Å²) in [6.45, 7) is -0.0517. The van der Waals surface area contributed by atoms with Gasteiger partial charge in [-0.2, -0.15) is 4.31 Å². The van der Waals surface area contributed by atoms with Crippen LogP contribution in [-0.2, 0) is 16.6 Å². The number of para-hydroxylation sites is 1. The smallest absolute Gasteiger partial charge is 0.347 e. The molecule has 0 aliphatic rings. The van der Waals surface area contributed by atoms with Crippen LogP contribution in [0.15, 0.2) is 40.6 Å². The maximum absolute atomic E-state index is 12.4. The van der Waals surface area contributed by atoms with E-state index < -0.39 is 16.0 Å². The van der Waals surface area contributed by atoms with E-state index in [9.17, 15) is 18.3 Å². The topological polar surface area (TPSA) is 94.9 Å². The van der Waals surface area contributed by atoms with Crippen molar-refractivity contribution in [1.29, 1.82) is 0 Å². The number of thiophene rings is 1. The predicted octanol–water partition coefficient (Wildman–Crippen LogP) is 1.97. The molecule has 0 aliphatic heterocycles. The van der Waals surface area contributed by atoms with Crippen LogP contribution >= 0.6 is 11.3 Å². The molecule has 0 radical (unpaired) electrons. The van der Waals surface area contributed by atoms with Crippen molar-refractivity contribution < 1.29 is 23.4 Å². The molecule has 0 fully saturated rings. The Balaban J connectivity index is 2.33. The molecule has 0 amide bonds. The number of carboxylic acids is 1. The summed E-state index contributed by atoms with van der Waals surface area (Å²) in [5, 5.41) is 20.1. The van der Waals surface area contributed by atoms with Gasteiger partial charge in [0.05, 0.1) is 0 Å². The average Bonchev–Trinajstić information content (AvgIpc) is 2.91. The van der Waals surface area contributed by atoms with Gasteiger partial charge in [0.2, 0.25) is 10.0 Å². The fraction of sp³-hybridized carbons (Fsp3) is 0.154. The fourth-order valence-corrected chi connectivity index (χ4v) is 4.17. The van der Waals surface area contributed by atoms with Crippen molar-refractivity contribution in [2.45, 2.75) is 11.4 Å². The average molecular weight is 327 g/mol. The lowest BCUT2D eigenvalue weighted by Crippen LogP contribution is -2.27. The van der Waals surface area contributed by atoms with Crippen molar-refractivity contribution in [1.82, 2.24) is 4.31 Å². The van der Waals surface area contributed by atoms with Crippen LogP contribution in [0.25, 0.3) is 0 Å². The van der Waals surface area contributed by atoms with E-state index >= 15 is 0 Å². The first-order valence-corrected chi connectivity index (χ1v) is 8.20. The van der Waals surface area contributed by atoms with E-state index in [1.165, 1.54) is 24.6 Å². The van der Waals surface area contributed by atoms with Crippen LogP contribution in [0.3, 0.4) is 0 Å². The maximum atomic E-state index is 12.4. The molecule has 0 unspecified atom stereocenters. The Kier molecular flexibility index (Phi) is 4.31. The Bertz CT molecular complexity index is 766. The molecule has 21 heavy (non-hydrogen) atoms. The summed E-state index contributed by atoms with van der Waals surface area (Å²) in [6.07, 6.45) is 0. The number of aromatic carboxylic acids is 1. The lowest BCUT2D eigenvalue weighted by atomic mass is 10.2. The molecule has 0 bridgehead atoms. The van der Waals surface area contributed by atoms with Gasteiger partial charge >= 0.3 is 5.97 Å². The van der Waals surface area contributed by atoms with Gasteiger partial charge in [-0.1, -0.05) is 18.2 Å². The van der Waals surface area contributed by atoms with E-state index in [2.05, 4.69) is 0 Å². The van der Waals surface area contributed by atoms with Crippen molar-refractivity contribution in [3.63, 3.8) is 0 Å². The Labute approximate surface area is 125 Å². The standard InChI is InChI=1S/C13H13NO5S2/c1-14(8-9-4-2-3-5-10(9)15)21(18,19)11-6-7-20-12(11)13(16)17/h2-7,15H,8H2,1H3,(H,16,17). The second-order valence-electron chi connectivity index (χ2n) is 4.31. The molecule has 112 valence electrons. The molecule has 2 aromatic rings. The van der Waals surface area contributed by atoms with Gasteiger partial charge in [-0.05, 0) is 17.5 Å². The zero-order valence-corrected chi connectivity index (χ0v) is 12.7. The van der Waals surface area contributed by atoms with Gasteiger partial charge in [-0.15, -0.1) is 11.3 Å². The number of hydrogen-bond acceptors (Lipinski definition) is 5. The molecule has 8 heteroatoms. The molecule has 0 atom stereocenters. The van der Waals surface area contributed by atoms with Gasteiger partial charge in [0.25, 0.3) is 0 Å². The van der Waals surface area contributed by atoms with Crippen LogP contribution in [0, 0.1) is 0 Å². The third kappa shape index (κ3) is 3.07. The first-order chi connectivity index (χ1) is 9.84. The summed E-state index contributed by atoms with van der Waals surface area (Å²) in [5.74, 6) is -1.29. The van der Waals surface area contributed by atoms with Gasteiger partial charge < -0.3 is 10.2 Å². The molecule has 2 rings (SSSR count). The first-order valence-electron chi connectivity index (χ1n) is 5.88. The number of sulfonamides is 1. The van der Waals surface area contributed by atoms with Gasteiger partial charge in [-0.25, -0.2) is 13.2 Å². The number of nitrogens with zero attached hydrogens (tertiary/aromatic N) is 1. The summed E-state index contributed by atoms with van der Waals surface area (Å²) in [5.41, 5.74) is 0.440. The maximum Gasteiger partial charge on any atom is 0.347 e. The number of rotatable bonds is 5. The highest BCUT2D eigenvalue weighted by atomic mass is 32.2. The highest BCUT2D eigenvalue weighted by Crippen LogP contribution is 2.26. The van der Waals surface area contributed by atoms with Gasteiger partial charge in [0, 0.05) is 19.2 Å². The first kappa shape index (κ1) is 15.5. The minimum atomic E-state index is -3.93. The van der Waals surface area contributed by atoms with Gasteiger partial charge in [0.1, 0.15) is 15.5 Å². The number of benzene rings is 1. The highest BCUT2D eigenvalue weighted by Gasteiger charge is 2.28. The Morgan fingerprint density at radius 3 is 2.57 bits per heavy atom. The third-order valence-electron chi connectivity index (χ3n) is 2.90. The second kappa shape index (κ2) is 5.84. The lowest BCUT2D eigenvalue weighted by molar-refractivity contribution is 0.0698. The van der Waals surface area contributed by atoms with Crippen molar-refractivity contribution in [3.05, 3.63) is 46.2 Å². The largest absolute Gasteiger partial charge is 0.508 e. The summed E-state index contributed by atoms with van der Waals surface area (Å²) >= 11 is 0.857. The molecule has 0 saturated carbocycles. The molecule has 0 aliphatic carbocycles. The van der Waals surface area contributed by atoms with E-state index in [-0.39, 0.29) is 22.1 Å². The molecule has 0 saturated heterocycles. The SMILES string of the molecule is CN(Cc1ccccc1O)S(=O)(=O)c1ccsc1C(=O)O. The van der Waals surface area contributed by atoms with Crippen LogP contribution in [0.1, 0.15) is 15.2 Å². The number of phenolic OH excluding ortho intramolecular Hbond substituents is 1. The van der Waals surface area contributed by atoms with E-state index in [0.717, 1.165) is 15.6 Å². The molecule has 0 spiro atoms. The number of phenols is 1. The van der Waals surface area contributed by atoms with E-state index in [1.54, 1.807) is 18.2 Å². The van der Waals surface area contributed by atoms with Crippen LogP contribution in [0.5, 0.6) is 5.75 Å². The van der Waals surface area contributed by atoms with E-state index in [4.69, 9.17) is 5.11 Å². The van der Waals surface area contributed by atoms with E-state index in [1.807, 2.05) is 0 Å². The van der Waals surface area contributed by atoms with Crippen molar-refractivity contribution in [3.8, 4) is 5.75 Å². The number of carboxylic acid groups (broad SMARTS) is 1. The molecule has 6 nitrogen and oxygen atoms in total. The van der Waals surface area contributed by atoms with Gasteiger partial charge in [0.15, 0.2) is 0 Å². The number of carbonyl (C=O) groups is 1. The highest BCUT2D eigenvalue weighted by molar-refractivity contribution is 7.89. The molecular weight excluding hydrogens is 314 g/mol. The fourth-order valence-electron chi connectivity index (χ4n) is 1.79. The minimum absolute atomic E-state index is 0.0108. The number of aromatic hydroxyl groups is 1. The summed E-state index contributed by atoms with van der Waals surface area (Å²) in [4.78, 5) is 10.6. The number of hydrogen-bond donors (Lipinski definition) is 2. The molecular formula is C13H13NO5S2. The summed E-state index contributed by atoms with van der Waals surface area (Å²) in [7, 11) is -2.60. The quantitative estimate of drug-likeness (QED) is 0.875. The second-order valence-corrected chi connectivity index (χ2v) is 7.24. The Morgan fingerprint density at radius 2 is 1.95 bits per heavy atom. The van der Waals surface area contributed by atoms with Crippen LogP contribution in [0.2, 0.25) is 0 Å². The molecule has 1 heterocycles. The molecule has 1 aromatic heterocycles. The van der Waals surface area contributed by atoms with Crippen LogP contribution in [-0.4, -0.2) is 36.0 Å². The van der Waals surface area contributed by atoms with E-state index in [0.29, 0.717) is 5.56 Å². The zero-order valence-electron chi connectivity index (χ0n) is 11.1. The van der Waals surface area contributed by atoms with Crippen molar-refractivity contribution >= 4 is 27.3 Å². The van der Waals surface area contributed by atoms with Crippen LogP contribution in [0.4, 0.5) is 0 Å². The Morgan fingerprint density at radius 1 is 1.29 bits per heavy atom. The summed E-state index contributed by atoms with van der Waals surface area (Å²) < 4.78 is 25.9. The third-order valence-corrected chi connectivity index (χ3v) is 5.77.